The maximum atomic E-state index is 11.8. The molecule has 4 heteroatoms. The molecule has 0 unspecified atom stereocenters. The number of ether oxygens (including phenoxy) is 1. The van der Waals surface area contributed by atoms with Crippen LogP contribution < -0.4 is 10.3 Å². The lowest BCUT2D eigenvalue weighted by molar-refractivity contribution is 0.414. The van der Waals surface area contributed by atoms with Gasteiger partial charge in [-0.1, -0.05) is 0 Å². The van der Waals surface area contributed by atoms with Gasteiger partial charge in [0.25, 0.3) is 5.56 Å². The van der Waals surface area contributed by atoms with E-state index in [2.05, 4.69) is 0 Å². The average molecular weight is 214 g/mol. The third-order valence-electron chi connectivity index (χ3n) is 2.52. The van der Waals surface area contributed by atoms with Gasteiger partial charge < -0.3 is 9.30 Å². The lowest BCUT2D eigenvalue weighted by atomic mass is 10.1. The molecular weight excluding hydrogens is 204 g/mol. The highest BCUT2D eigenvalue weighted by Crippen LogP contribution is 2.22. The summed E-state index contributed by atoms with van der Waals surface area (Å²) in [6, 6.07) is 7.11. The number of aromatic nitrogens is 1. The molecule has 0 radical (unpaired) electrons. The van der Waals surface area contributed by atoms with Crippen LogP contribution in [0.2, 0.25) is 0 Å². The summed E-state index contributed by atoms with van der Waals surface area (Å²) >= 11 is 0. The molecule has 0 amide bonds. The zero-order valence-corrected chi connectivity index (χ0v) is 9.02. The van der Waals surface area contributed by atoms with E-state index in [0.29, 0.717) is 16.7 Å². The van der Waals surface area contributed by atoms with Crippen molar-refractivity contribution in [2.75, 3.05) is 7.11 Å². The Morgan fingerprint density at radius 3 is 2.81 bits per heavy atom. The Hall–Kier alpha value is -2.28. The molecule has 2 rings (SSSR count). The summed E-state index contributed by atoms with van der Waals surface area (Å²) in [5.41, 5.74) is 0.337. The monoisotopic (exact) mass is 214 g/mol. The van der Waals surface area contributed by atoms with Gasteiger partial charge in [0.05, 0.1) is 18.1 Å². The van der Waals surface area contributed by atoms with Gasteiger partial charge in [0, 0.05) is 13.2 Å². The molecule has 0 aliphatic carbocycles. The van der Waals surface area contributed by atoms with Crippen molar-refractivity contribution in [3.63, 3.8) is 0 Å². The van der Waals surface area contributed by atoms with Gasteiger partial charge >= 0.3 is 0 Å². The van der Waals surface area contributed by atoms with E-state index in [1.807, 2.05) is 6.07 Å². The third-order valence-corrected chi connectivity index (χ3v) is 2.52. The van der Waals surface area contributed by atoms with Crippen LogP contribution in [0.5, 0.6) is 5.75 Å². The molecule has 1 aromatic heterocycles. The fourth-order valence-corrected chi connectivity index (χ4v) is 1.63. The molecule has 1 aromatic carbocycles. The van der Waals surface area contributed by atoms with Gasteiger partial charge in [0.2, 0.25) is 0 Å². The second-order valence-corrected chi connectivity index (χ2v) is 3.48. The maximum Gasteiger partial charge on any atom is 0.258 e. The summed E-state index contributed by atoms with van der Waals surface area (Å²) in [7, 11) is 3.17. The molecule has 2 aromatic rings. The van der Waals surface area contributed by atoms with Crippen molar-refractivity contribution in [2.24, 2.45) is 7.05 Å². The maximum absolute atomic E-state index is 11.8. The SMILES string of the molecule is COc1cc2c(=O)n(C)ccc2cc1C#N. The topological polar surface area (TPSA) is 55.0 Å². The van der Waals surface area contributed by atoms with Gasteiger partial charge in [-0.05, 0) is 23.6 Å². The van der Waals surface area contributed by atoms with E-state index in [0.717, 1.165) is 5.39 Å². The van der Waals surface area contributed by atoms with E-state index in [4.69, 9.17) is 10.00 Å². The third kappa shape index (κ3) is 1.43. The zero-order valence-electron chi connectivity index (χ0n) is 9.02. The number of nitriles is 1. The molecule has 0 saturated heterocycles. The number of pyridine rings is 1. The Morgan fingerprint density at radius 2 is 2.19 bits per heavy atom. The first-order chi connectivity index (χ1) is 7.67. The van der Waals surface area contributed by atoms with E-state index < -0.39 is 0 Å². The minimum absolute atomic E-state index is 0.0970. The largest absolute Gasteiger partial charge is 0.495 e. The Morgan fingerprint density at radius 1 is 1.44 bits per heavy atom. The molecule has 1 heterocycles. The second kappa shape index (κ2) is 3.70. The predicted octanol–water partition coefficient (Wildman–Crippen LogP) is 1.42. The van der Waals surface area contributed by atoms with Crippen molar-refractivity contribution < 1.29 is 4.74 Å². The molecule has 0 N–H and O–H groups in total. The summed E-state index contributed by atoms with van der Waals surface area (Å²) in [5.74, 6) is 0.429. The normalized spacial score (nSPS) is 10.1. The Balaban J connectivity index is 2.91. The average Bonchev–Trinajstić information content (AvgIpc) is 2.32. The second-order valence-electron chi connectivity index (χ2n) is 3.48. The fraction of sp³-hybridized carbons (Fsp3) is 0.167. The molecule has 0 fully saturated rings. The van der Waals surface area contributed by atoms with Crippen molar-refractivity contribution in [3.8, 4) is 11.8 Å². The number of nitrogens with zero attached hydrogens (tertiary/aromatic N) is 2. The molecular formula is C12H10N2O2. The van der Waals surface area contributed by atoms with Crippen LogP contribution >= 0.6 is 0 Å². The standard InChI is InChI=1S/C12H10N2O2/c1-14-4-3-8-5-9(7-13)11(16-2)6-10(8)12(14)15/h3-6H,1-2H3. The van der Waals surface area contributed by atoms with Crippen LogP contribution in [0.1, 0.15) is 5.56 Å². The van der Waals surface area contributed by atoms with Crippen LogP contribution in [-0.4, -0.2) is 11.7 Å². The van der Waals surface area contributed by atoms with Gasteiger partial charge in [-0.2, -0.15) is 5.26 Å². The molecule has 0 aliphatic rings. The van der Waals surface area contributed by atoms with Crippen molar-refractivity contribution in [3.05, 3.63) is 40.3 Å². The molecule has 0 atom stereocenters. The van der Waals surface area contributed by atoms with Gasteiger partial charge in [0.1, 0.15) is 11.8 Å². The minimum Gasteiger partial charge on any atom is -0.495 e. The van der Waals surface area contributed by atoms with E-state index in [-0.39, 0.29) is 5.56 Å². The van der Waals surface area contributed by atoms with Crippen LogP contribution in [0.3, 0.4) is 0 Å². The summed E-state index contributed by atoms with van der Waals surface area (Å²) in [4.78, 5) is 11.8. The van der Waals surface area contributed by atoms with Gasteiger partial charge in [-0.15, -0.1) is 0 Å². The number of hydrogen-bond acceptors (Lipinski definition) is 3. The van der Waals surface area contributed by atoms with E-state index >= 15 is 0 Å². The van der Waals surface area contributed by atoms with E-state index in [9.17, 15) is 4.79 Å². The van der Waals surface area contributed by atoms with Gasteiger partial charge in [0.15, 0.2) is 0 Å². The Kier molecular flexibility index (Phi) is 2.37. The molecule has 16 heavy (non-hydrogen) atoms. The molecule has 0 aliphatic heterocycles. The Labute approximate surface area is 92.3 Å². The fourth-order valence-electron chi connectivity index (χ4n) is 1.63. The highest BCUT2D eigenvalue weighted by atomic mass is 16.5. The summed E-state index contributed by atoms with van der Waals surface area (Å²) in [6.07, 6.45) is 1.68. The number of fused-ring (bicyclic) bond motifs is 1. The number of benzene rings is 1. The predicted molar refractivity (Wildman–Crippen MR) is 60.5 cm³/mol. The highest BCUT2D eigenvalue weighted by Gasteiger charge is 2.07. The first kappa shape index (κ1) is 10.2. The summed E-state index contributed by atoms with van der Waals surface area (Å²) in [5, 5.41) is 10.2. The zero-order chi connectivity index (χ0) is 11.7. The van der Waals surface area contributed by atoms with Crippen molar-refractivity contribution in [1.29, 1.82) is 5.26 Å². The first-order valence-electron chi connectivity index (χ1n) is 4.75. The smallest absolute Gasteiger partial charge is 0.258 e. The van der Waals surface area contributed by atoms with Crippen molar-refractivity contribution in [2.45, 2.75) is 0 Å². The molecule has 0 spiro atoms. The molecule has 0 bridgehead atoms. The highest BCUT2D eigenvalue weighted by molar-refractivity contribution is 5.85. The number of hydrogen-bond donors (Lipinski definition) is 0. The van der Waals surface area contributed by atoms with Crippen LogP contribution in [0.25, 0.3) is 10.8 Å². The Bertz CT molecular complexity index is 650. The first-order valence-corrected chi connectivity index (χ1v) is 4.75. The lowest BCUT2D eigenvalue weighted by Gasteiger charge is -2.05. The van der Waals surface area contributed by atoms with Crippen molar-refractivity contribution in [1.82, 2.24) is 4.57 Å². The van der Waals surface area contributed by atoms with E-state index in [1.54, 1.807) is 31.4 Å². The van der Waals surface area contributed by atoms with Crippen LogP contribution in [0, 0.1) is 11.3 Å². The number of methoxy groups -OCH3 is 1. The molecule has 80 valence electrons. The summed E-state index contributed by atoms with van der Waals surface area (Å²) < 4.78 is 6.56. The van der Waals surface area contributed by atoms with Crippen LogP contribution in [-0.2, 0) is 7.05 Å². The van der Waals surface area contributed by atoms with Crippen LogP contribution in [0.15, 0.2) is 29.2 Å². The van der Waals surface area contributed by atoms with E-state index in [1.165, 1.54) is 11.7 Å². The molecule has 4 nitrogen and oxygen atoms in total. The van der Waals surface area contributed by atoms with Gasteiger partial charge in [-0.25, -0.2) is 0 Å². The van der Waals surface area contributed by atoms with Gasteiger partial charge in [-0.3, -0.25) is 4.79 Å². The summed E-state index contributed by atoms with van der Waals surface area (Å²) in [6.45, 7) is 0. The minimum atomic E-state index is -0.0970. The lowest BCUT2D eigenvalue weighted by Crippen LogP contribution is -2.15. The van der Waals surface area contributed by atoms with Crippen molar-refractivity contribution >= 4 is 10.8 Å². The number of rotatable bonds is 1. The molecule has 0 saturated carbocycles. The van der Waals surface area contributed by atoms with Crippen LogP contribution in [0.4, 0.5) is 0 Å². The quantitative estimate of drug-likeness (QED) is 0.721. The number of aryl methyl sites for hydroxylation is 1.